The second kappa shape index (κ2) is 5.88. The summed E-state index contributed by atoms with van der Waals surface area (Å²) in [5, 5.41) is 0. The average Bonchev–Trinajstić information content (AvgIpc) is 2.97. The van der Waals surface area contributed by atoms with Crippen LogP contribution >= 0.6 is 0 Å². The number of hydrogen-bond donors (Lipinski definition) is 0. The number of oxazole rings is 1. The van der Waals surface area contributed by atoms with Gasteiger partial charge in [-0.1, -0.05) is 12.1 Å². The first-order chi connectivity index (χ1) is 11.6. The maximum Gasteiger partial charge on any atom is 0.243 e. The predicted molar refractivity (Wildman–Crippen MR) is 92.8 cm³/mol. The molecule has 1 amide bonds. The summed E-state index contributed by atoms with van der Waals surface area (Å²) in [6.45, 7) is 1.61. The Balaban J connectivity index is 1.44. The third-order valence-electron chi connectivity index (χ3n) is 5.88. The van der Waals surface area contributed by atoms with Crippen molar-refractivity contribution in [3.63, 3.8) is 0 Å². The molecule has 1 aromatic carbocycles. The van der Waals surface area contributed by atoms with Gasteiger partial charge in [0.1, 0.15) is 11.1 Å². The fourth-order valence-electron chi connectivity index (χ4n) is 4.05. The molecule has 5 heteroatoms. The van der Waals surface area contributed by atoms with Crippen LogP contribution in [0.2, 0.25) is 0 Å². The molecule has 1 aliphatic carbocycles. The lowest BCUT2D eigenvalue weighted by molar-refractivity contribution is -0.150. The Hall–Kier alpha value is -1.88. The Morgan fingerprint density at radius 3 is 2.54 bits per heavy atom. The maximum absolute atomic E-state index is 13.0. The number of likely N-dealkylation sites (tertiary alicyclic amines) is 1. The summed E-state index contributed by atoms with van der Waals surface area (Å²) in [4.78, 5) is 21.8. The zero-order chi connectivity index (χ0) is 16.7. The van der Waals surface area contributed by atoms with Crippen LogP contribution < -0.4 is 0 Å². The third-order valence-corrected chi connectivity index (χ3v) is 5.88. The van der Waals surface area contributed by atoms with Crippen molar-refractivity contribution in [2.45, 2.75) is 43.6 Å². The number of fused-ring (bicyclic) bond motifs is 1. The lowest BCUT2D eigenvalue weighted by Crippen LogP contribution is -2.62. The molecule has 2 fully saturated rings. The minimum Gasteiger partial charge on any atom is -0.440 e. The highest BCUT2D eigenvalue weighted by Crippen LogP contribution is 2.39. The van der Waals surface area contributed by atoms with E-state index in [-0.39, 0.29) is 5.54 Å². The fourth-order valence-corrected chi connectivity index (χ4v) is 4.05. The molecule has 0 atom stereocenters. The molecule has 0 bridgehead atoms. The topological polar surface area (TPSA) is 49.6 Å². The van der Waals surface area contributed by atoms with Gasteiger partial charge in [-0.25, -0.2) is 4.98 Å². The van der Waals surface area contributed by atoms with Crippen molar-refractivity contribution in [2.75, 3.05) is 27.2 Å². The molecule has 2 aliphatic rings. The molecule has 2 aromatic rings. The molecule has 1 aromatic heterocycles. The number of nitrogens with zero attached hydrogens (tertiary/aromatic N) is 3. The number of carbonyl (C=O) groups excluding carboxylic acids is 1. The van der Waals surface area contributed by atoms with Gasteiger partial charge in [0.25, 0.3) is 0 Å². The highest BCUT2D eigenvalue weighted by atomic mass is 16.3. The molecule has 1 saturated carbocycles. The van der Waals surface area contributed by atoms with Crippen LogP contribution in [-0.2, 0) is 4.79 Å². The molecule has 0 radical (unpaired) electrons. The highest BCUT2D eigenvalue weighted by molar-refractivity contribution is 5.87. The Bertz CT molecular complexity index is 707. The lowest BCUT2D eigenvalue weighted by atomic mass is 9.74. The van der Waals surface area contributed by atoms with Crippen molar-refractivity contribution in [3.8, 4) is 0 Å². The van der Waals surface area contributed by atoms with E-state index in [1.165, 1.54) is 0 Å². The number of rotatable bonds is 3. The van der Waals surface area contributed by atoms with Crippen molar-refractivity contribution < 1.29 is 9.21 Å². The summed E-state index contributed by atoms with van der Waals surface area (Å²) in [7, 11) is 4.06. The average molecular weight is 327 g/mol. The first-order valence-corrected chi connectivity index (χ1v) is 8.92. The van der Waals surface area contributed by atoms with Crippen molar-refractivity contribution in [1.29, 1.82) is 0 Å². The number of carbonyl (C=O) groups is 1. The molecule has 0 unspecified atom stereocenters. The number of hydrogen-bond acceptors (Lipinski definition) is 4. The van der Waals surface area contributed by atoms with Crippen LogP contribution in [0.25, 0.3) is 11.1 Å². The zero-order valence-corrected chi connectivity index (χ0v) is 14.5. The Kier molecular flexibility index (Phi) is 3.83. The molecular weight excluding hydrogens is 302 g/mol. The monoisotopic (exact) mass is 327 g/mol. The number of benzene rings is 1. The van der Waals surface area contributed by atoms with Crippen LogP contribution in [0.4, 0.5) is 0 Å². The van der Waals surface area contributed by atoms with Crippen LogP contribution in [0.1, 0.15) is 43.9 Å². The number of likely N-dealkylation sites (N-methyl/N-ethyl adjacent to an activating group) is 1. The first-order valence-electron chi connectivity index (χ1n) is 8.92. The predicted octanol–water partition coefficient (Wildman–Crippen LogP) is 3.02. The van der Waals surface area contributed by atoms with E-state index >= 15 is 0 Å². The van der Waals surface area contributed by atoms with Gasteiger partial charge in [0.2, 0.25) is 5.91 Å². The van der Waals surface area contributed by atoms with Gasteiger partial charge in [-0.05, 0) is 58.3 Å². The zero-order valence-electron chi connectivity index (χ0n) is 14.5. The fraction of sp³-hybridized carbons (Fsp3) is 0.579. The van der Waals surface area contributed by atoms with Gasteiger partial charge < -0.3 is 9.32 Å². The van der Waals surface area contributed by atoms with Gasteiger partial charge in [0, 0.05) is 19.0 Å². The van der Waals surface area contributed by atoms with Gasteiger partial charge >= 0.3 is 0 Å². The molecule has 5 nitrogen and oxygen atoms in total. The summed E-state index contributed by atoms with van der Waals surface area (Å²) in [6, 6.07) is 7.90. The Morgan fingerprint density at radius 1 is 1.25 bits per heavy atom. The van der Waals surface area contributed by atoms with E-state index in [9.17, 15) is 4.79 Å². The van der Waals surface area contributed by atoms with Gasteiger partial charge in [0.05, 0.1) is 0 Å². The first kappa shape index (κ1) is 15.6. The Labute approximate surface area is 142 Å². The minimum absolute atomic E-state index is 0.246. The third kappa shape index (κ3) is 2.42. The van der Waals surface area contributed by atoms with Crippen molar-refractivity contribution in [3.05, 3.63) is 30.2 Å². The van der Waals surface area contributed by atoms with Crippen molar-refractivity contribution in [1.82, 2.24) is 14.8 Å². The van der Waals surface area contributed by atoms with Crippen LogP contribution in [0, 0.1) is 0 Å². The van der Waals surface area contributed by atoms with Gasteiger partial charge in [-0.15, -0.1) is 0 Å². The Morgan fingerprint density at radius 2 is 1.96 bits per heavy atom. The summed E-state index contributed by atoms with van der Waals surface area (Å²) in [5.41, 5.74) is 1.53. The van der Waals surface area contributed by atoms with E-state index in [0.29, 0.717) is 11.8 Å². The molecule has 2 heterocycles. The van der Waals surface area contributed by atoms with Gasteiger partial charge in [-0.3, -0.25) is 9.69 Å². The van der Waals surface area contributed by atoms with Crippen LogP contribution in [0.3, 0.4) is 0 Å². The SMILES string of the molecule is CN(C)C1(C(=O)N2CCC(c3nc4ccccc4o3)CC2)CCC1. The molecule has 1 saturated heterocycles. The molecule has 0 spiro atoms. The minimum atomic E-state index is -0.246. The quantitative estimate of drug-likeness (QED) is 0.869. The van der Waals surface area contributed by atoms with E-state index in [0.717, 1.165) is 62.2 Å². The van der Waals surface area contributed by atoms with E-state index < -0.39 is 0 Å². The highest BCUT2D eigenvalue weighted by Gasteiger charge is 2.48. The summed E-state index contributed by atoms with van der Waals surface area (Å²) in [5.74, 6) is 1.46. The summed E-state index contributed by atoms with van der Waals surface area (Å²) in [6.07, 6.45) is 5.00. The van der Waals surface area contributed by atoms with Crippen LogP contribution in [-0.4, -0.2) is 53.4 Å². The summed E-state index contributed by atoms with van der Waals surface area (Å²) >= 11 is 0. The number of para-hydroxylation sites is 2. The molecular formula is C19H25N3O2. The molecule has 24 heavy (non-hydrogen) atoms. The largest absolute Gasteiger partial charge is 0.440 e. The smallest absolute Gasteiger partial charge is 0.243 e. The summed E-state index contributed by atoms with van der Waals surface area (Å²) < 4.78 is 5.92. The second-order valence-electron chi connectivity index (χ2n) is 7.37. The number of piperidine rings is 1. The van der Waals surface area contributed by atoms with Crippen molar-refractivity contribution >= 4 is 17.0 Å². The second-order valence-corrected chi connectivity index (χ2v) is 7.37. The standard InChI is InChI=1S/C19H25N3O2/c1-21(2)19(10-5-11-19)18(23)22-12-8-14(9-13-22)17-20-15-6-3-4-7-16(15)24-17/h3-4,6-7,14H,5,8-13H2,1-2H3. The van der Waals surface area contributed by atoms with E-state index in [1.54, 1.807) is 0 Å². The normalized spacial score (nSPS) is 21.2. The van der Waals surface area contributed by atoms with Gasteiger partial charge in [0.15, 0.2) is 11.5 Å². The van der Waals surface area contributed by atoms with Gasteiger partial charge in [-0.2, -0.15) is 0 Å². The number of amides is 1. The van der Waals surface area contributed by atoms with E-state index in [2.05, 4.69) is 14.8 Å². The lowest BCUT2D eigenvalue weighted by Gasteiger charge is -2.48. The van der Waals surface area contributed by atoms with Crippen LogP contribution in [0.15, 0.2) is 28.7 Å². The molecule has 128 valence electrons. The van der Waals surface area contributed by atoms with Crippen molar-refractivity contribution in [2.24, 2.45) is 0 Å². The maximum atomic E-state index is 13.0. The van der Waals surface area contributed by atoms with Crippen LogP contribution in [0.5, 0.6) is 0 Å². The molecule has 0 N–H and O–H groups in total. The van der Waals surface area contributed by atoms with E-state index in [4.69, 9.17) is 4.42 Å². The molecule has 4 rings (SSSR count). The molecule has 1 aliphatic heterocycles. The van der Waals surface area contributed by atoms with E-state index in [1.807, 2.05) is 38.4 Å². The number of aromatic nitrogens is 1.